The first kappa shape index (κ1) is 14.0. The van der Waals surface area contributed by atoms with Crippen LogP contribution in [0.3, 0.4) is 0 Å². The van der Waals surface area contributed by atoms with Crippen LogP contribution in [0.1, 0.15) is 16.6 Å². The van der Waals surface area contributed by atoms with Crippen molar-refractivity contribution in [3.05, 3.63) is 23.2 Å². The molecule has 1 amide bonds. The van der Waals surface area contributed by atoms with Gasteiger partial charge in [0.2, 0.25) is 0 Å². The van der Waals surface area contributed by atoms with Gasteiger partial charge in [-0.1, -0.05) is 6.92 Å². The minimum Gasteiger partial charge on any atom is -0.396 e. The molecular weight excluding hydrogens is 282 g/mol. The predicted molar refractivity (Wildman–Crippen MR) is 79.9 cm³/mol. The Bertz CT molecular complexity index is 624. The molecule has 2 rings (SSSR count). The predicted octanol–water partition coefficient (Wildman–Crippen LogP) is 1.38. The number of nitrogens with zero attached hydrogens (tertiary/aromatic N) is 1. The Balaban J connectivity index is 2.09. The highest BCUT2D eigenvalue weighted by Gasteiger charge is 2.16. The van der Waals surface area contributed by atoms with E-state index in [1.807, 2.05) is 19.1 Å². The molecule has 0 aliphatic rings. The first-order valence-corrected chi connectivity index (χ1v) is 8.20. The molecule has 19 heavy (non-hydrogen) atoms. The van der Waals surface area contributed by atoms with E-state index in [-0.39, 0.29) is 5.91 Å². The molecule has 7 heteroatoms. The number of nitrogens with two attached hydrogens (primary N) is 1. The van der Waals surface area contributed by atoms with Gasteiger partial charge in [-0.15, -0.1) is 11.3 Å². The molecule has 2 aromatic rings. The second kappa shape index (κ2) is 6.12. The Labute approximate surface area is 117 Å². The van der Waals surface area contributed by atoms with Crippen LogP contribution >= 0.6 is 11.3 Å². The Morgan fingerprint density at radius 3 is 3.05 bits per heavy atom. The third-order valence-corrected chi connectivity index (χ3v) is 5.09. The lowest BCUT2D eigenvalue weighted by molar-refractivity contribution is 0.0961. The van der Waals surface area contributed by atoms with E-state index >= 15 is 0 Å². The Kier molecular flexibility index (Phi) is 4.49. The van der Waals surface area contributed by atoms with Gasteiger partial charge in [0.1, 0.15) is 10.4 Å². The molecule has 2 heterocycles. The second-order valence-electron chi connectivity index (χ2n) is 3.88. The molecule has 0 aliphatic carbocycles. The number of pyridine rings is 1. The van der Waals surface area contributed by atoms with Gasteiger partial charge in [-0.25, -0.2) is 0 Å². The van der Waals surface area contributed by atoms with Crippen LogP contribution in [0.15, 0.2) is 18.3 Å². The van der Waals surface area contributed by atoms with E-state index in [0.717, 1.165) is 4.70 Å². The van der Waals surface area contributed by atoms with Gasteiger partial charge in [-0.2, -0.15) is 0 Å². The minimum absolute atomic E-state index is 0.228. The summed E-state index contributed by atoms with van der Waals surface area (Å²) < 4.78 is 12.2. The molecule has 0 fully saturated rings. The van der Waals surface area contributed by atoms with Crippen LogP contribution < -0.4 is 11.1 Å². The normalized spacial score (nSPS) is 12.5. The fourth-order valence-corrected chi connectivity index (χ4v) is 3.24. The monoisotopic (exact) mass is 297 g/mol. The van der Waals surface area contributed by atoms with Crippen molar-refractivity contribution in [3.8, 4) is 0 Å². The molecule has 102 valence electrons. The number of thiophene rings is 1. The van der Waals surface area contributed by atoms with Crippen molar-refractivity contribution in [2.24, 2.45) is 0 Å². The quantitative estimate of drug-likeness (QED) is 0.873. The second-order valence-corrected chi connectivity index (χ2v) is 6.80. The lowest BCUT2D eigenvalue weighted by Crippen LogP contribution is -2.27. The average Bonchev–Trinajstić information content (AvgIpc) is 2.76. The zero-order valence-corrected chi connectivity index (χ0v) is 12.1. The van der Waals surface area contributed by atoms with Gasteiger partial charge in [0.25, 0.3) is 5.91 Å². The van der Waals surface area contributed by atoms with E-state index in [1.54, 1.807) is 6.20 Å². The maximum atomic E-state index is 12.0. The van der Waals surface area contributed by atoms with E-state index in [2.05, 4.69) is 10.3 Å². The van der Waals surface area contributed by atoms with E-state index in [9.17, 15) is 9.00 Å². The fraction of sp³-hybridized carbons (Fsp3) is 0.333. The van der Waals surface area contributed by atoms with Crippen molar-refractivity contribution < 1.29 is 9.00 Å². The number of carbonyl (C=O) groups is 1. The third-order valence-electron chi connectivity index (χ3n) is 2.63. The standard InChI is InChI=1S/C12H15N3O2S2/c1-2-19(17)7-6-15-12(16)11-9(13)10-8(18-11)4-3-5-14-10/h3-5H,2,6-7,13H2,1H3,(H,15,16). The first-order chi connectivity index (χ1) is 9.13. The summed E-state index contributed by atoms with van der Waals surface area (Å²) in [5, 5.41) is 2.74. The number of carbonyl (C=O) groups excluding carboxylic acids is 1. The maximum absolute atomic E-state index is 12.0. The zero-order chi connectivity index (χ0) is 13.8. The molecule has 1 atom stereocenters. The number of rotatable bonds is 5. The van der Waals surface area contributed by atoms with E-state index < -0.39 is 10.8 Å². The van der Waals surface area contributed by atoms with Crippen molar-refractivity contribution in [1.29, 1.82) is 0 Å². The van der Waals surface area contributed by atoms with Crippen molar-refractivity contribution in [3.63, 3.8) is 0 Å². The number of hydrogen-bond donors (Lipinski definition) is 2. The average molecular weight is 297 g/mol. The van der Waals surface area contributed by atoms with Crippen LogP contribution in [0.25, 0.3) is 10.2 Å². The maximum Gasteiger partial charge on any atom is 0.263 e. The van der Waals surface area contributed by atoms with Crippen molar-refractivity contribution >= 4 is 43.9 Å². The van der Waals surface area contributed by atoms with Crippen LogP contribution in [0.2, 0.25) is 0 Å². The highest BCUT2D eigenvalue weighted by Crippen LogP contribution is 2.31. The largest absolute Gasteiger partial charge is 0.396 e. The Morgan fingerprint density at radius 1 is 1.58 bits per heavy atom. The number of amides is 1. The molecule has 5 nitrogen and oxygen atoms in total. The summed E-state index contributed by atoms with van der Waals surface area (Å²) in [6.07, 6.45) is 1.65. The van der Waals surface area contributed by atoms with Gasteiger partial charge in [0, 0.05) is 35.0 Å². The van der Waals surface area contributed by atoms with Crippen LogP contribution in [0, 0.1) is 0 Å². The van der Waals surface area contributed by atoms with Gasteiger partial charge >= 0.3 is 0 Å². The van der Waals surface area contributed by atoms with Crippen molar-refractivity contribution in [2.45, 2.75) is 6.92 Å². The SMILES string of the molecule is CCS(=O)CCNC(=O)c1sc2cccnc2c1N. The van der Waals surface area contributed by atoms with Gasteiger partial charge in [-0.3, -0.25) is 14.0 Å². The van der Waals surface area contributed by atoms with E-state index in [1.165, 1.54) is 11.3 Å². The lowest BCUT2D eigenvalue weighted by atomic mass is 10.3. The summed E-state index contributed by atoms with van der Waals surface area (Å²) in [6.45, 7) is 2.24. The summed E-state index contributed by atoms with van der Waals surface area (Å²) in [4.78, 5) is 16.6. The number of nitrogen functional groups attached to an aromatic ring is 1. The summed E-state index contributed by atoms with van der Waals surface area (Å²) in [6, 6.07) is 3.69. The van der Waals surface area contributed by atoms with Gasteiger partial charge < -0.3 is 11.1 Å². The van der Waals surface area contributed by atoms with Crippen molar-refractivity contribution in [1.82, 2.24) is 10.3 Å². The molecule has 0 aromatic carbocycles. The van der Waals surface area contributed by atoms with E-state index in [4.69, 9.17) is 5.73 Å². The van der Waals surface area contributed by atoms with Gasteiger partial charge in [0.05, 0.1) is 10.4 Å². The number of hydrogen-bond acceptors (Lipinski definition) is 5. The van der Waals surface area contributed by atoms with Crippen molar-refractivity contribution in [2.75, 3.05) is 23.8 Å². The topological polar surface area (TPSA) is 85.1 Å². The van der Waals surface area contributed by atoms with Crippen LogP contribution in [-0.2, 0) is 10.8 Å². The zero-order valence-electron chi connectivity index (χ0n) is 10.5. The minimum atomic E-state index is -0.875. The van der Waals surface area contributed by atoms with E-state index in [0.29, 0.717) is 34.1 Å². The number of nitrogens with one attached hydrogen (secondary N) is 1. The lowest BCUT2D eigenvalue weighted by Gasteiger charge is -2.03. The summed E-state index contributed by atoms with van der Waals surface area (Å²) in [5.74, 6) is 0.837. The number of fused-ring (bicyclic) bond motifs is 1. The summed E-state index contributed by atoms with van der Waals surface area (Å²) in [7, 11) is -0.875. The Morgan fingerprint density at radius 2 is 2.37 bits per heavy atom. The highest BCUT2D eigenvalue weighted by atomic mass is 32.2. The van der Waals surface area contributed by atoms with Gasteiger partial charge in [-0.05, 0) is 12.1 Å². The van der Waals surface area contributed by atoms with Crippen LogP contribution in [0.4, 0.5) is 5.69 Å². The van der Waals surface area contributed by atoms with Crippen LogP contribution in [-0.4, -0.2) is 33.2 Å². The Hall–Kier alpha value is -1.47. The summed E-state index contributed by atoms with van der Waals surface area (Å²) in [5.41, 5.74) is 7.00. The first-order valence-electron chi connectivity index (χ1n) is 5.89. The highest BCUT2D eigenvalue weighted by molar-refractivity contribution is 7.84. The molecule has 0 saturated carbocycles. The third kappa shape index (κ3) is 3.10. The smallest absolute Gasteiger partial charge is 0.263 e. The molecule has 0 aliphatic heterocycles. The molecule has 2 aromatic heterocycles. The fourth-order valence-electron chi connectivity index (χ4n) is 1.62. The molecule has 0 bridgehead atoms. The molecular formula is C12H15N3O2S2. The number of anilines is 1. The molecule has 0 spiro atoms. The molecule has 1 unspecified atom stereocenters. The van der Waals surface area contributed by atoms with Gasteiger partial charge in [0.15, 0.2) is 0 Å². The van der Waals surface area contributed by atoms with Crippen LogP contribution in [0.5, 0.6) is 0 Å². The number of aromatic nitrogens is 1. The molecule has 0 radical (unpaired) electrons. The molecule has 0 saturated heterocycles. The molecule has 3 N–H and O–H groups in total. The summed E-state index contributed by atoms with van der Waals surface area (Å²) >= 11 is 1.32.